The maximum atomic E-state index is 17.3. The molecule has 8 atom stereocenters. The Hall–Kier alpha value is -1.23. The Kier molecular flexibility index (Phi) is 7.58. The number of rotatable bonds is 9. The molecule has 0 aromatic rings. The van der Waals surface area contributed by atoms with E-state index in [1.54, 1.807) is 19.9 Å². The van der Waals surface area contributed by atoms with Crippen LogP contribution in [0, 0.1) is 22.7 Å². The van der Waals surface area contributed by atoms with E-state index in [0.29, 0.717) is 32.5 Å². The summed E-state index contributed by atoms with van der Waals surface area (Å²) in [5, 5.41) is 33.2. The molecule has 0 spiro atoms. The molecule has 4 aliphatic rings. The average molecular weight is 513 g/mol. The Balaban J connectivity index is 1.71. The van der Waals surface area contributed by atoms with Gasteiger partial charge in [-0.3, -0.25) is 9.59 Å². The van der Waals surface area contributed by atoms with Gasteiger partial charge in [0.2, 0.25) is 0 Å². The third-order valence-corrected chi connectivity index (χ3v) is 9.94. The van der Waals surface area contributed by atoms with Crippen LogP contribution in [0.2, 0.25) is 0 Å². The quantitative estimate of drug-likeness (QED) is 0.402. The summed E-state index contributed by atoms with van der Waals surface area (Å²) in [4.78, 5) is 25.2. The fraction of sp³-hybridized carbons (Fsp3) is 0.852. The summed E-state index contributed by atoms with van der Waals surface area (Å²) < 4.78 is 34.5. The molecule has 4 rings (SSSR count). The molecule has 0 amide bonds. The van der Waals surface area contributed by atoms with E-state index in [-0.39, 0.29) is 31.7 Å². The number of fused-ring (bicyclic) bond motifs is 5. The largest absolute Gasteiger partial charge is 0.390 e. The van der Waals surface area contributed by atoms with Gasteiger partial charge in [-0.05, 0) is 57.9 Å². The second-order valence-corrected chi connectivity index (χ2v) is 11.4. The van der Waals surface area contributed by atoms with E-state index >= 15 is 4.39 Å². The van der Waals surface area contributed by atoms with E-state index in [0.717, 1.165) is 5.57 Å². The lowest BCUT2D eigenvalue weighted by molar-refractivity contribution is -0.236. The number of Topliss-reactive ketones (excluding diaryl/α,β-unsaturated/α-hetero) is 1. The lowest BCUT2D eigenvalue weighted by Gasteiger charge is -2.63. The van der Waals surface area contributed by atoms with Crippen LogP contribution in [0.25, 0.3) is 0 Å². The predicted octanol–water partition coefficient (Wildman–Crippen LogP) is 2.27. The summed E-state index contributed by atoms with van der Waals surface area (Å²) in [6.45, 7) is 6.96. The van der Waals surface area contributed by atoms with Crippen molar-refractivity contribution in [3.05, 3.63) is 11.6 Å². The van der Waals surface area contributed by atoms with Gasteiger partial charge >= 0.3 is 0 Å². The highest BCUT2D eigenvalue weighted by Crippen LogP contribution is 2.70. The molecule has 1 unspecified atom stereocenters. The Labute approximate surface area is 212 Å². The van der Waals surface area contributed by atoms with Gasteiger partial charge in [-0.1, -0.05) is 19.4 Å². The maximum Gasteiger partial charge on any atom is 0.192 e. The Morgan fingerprint density at radius 2 is 1.86 bits per heavy atom. The Bertz CT molecular complexity index is 902. The molecule has 0 bridgehead atoms. The summed E-state index contributed by atoms with van der Waals surface area (Å²) in [6.07, 6.45) is -0.149. The molecule has 3 fully saturated rings. The zero-order valence-corrected chi connectivity index (χ0v) is 21.8. The molecular formula is C27H41FO8. The highest BCUT2D eigenvalue weighted by molar-refractivity contribution is 5.92. The molecule has 0 heterocycles. The molecule has 0 aliphatic heterocycles. The van der Waals surface area contributed by atoms with Crippen LogP contribution in [0.5, 0.6) is 0 Å². The summed E-state index contributed by atoms with van der Waals surface area (Å²) in [6, 6.07) is 0. The van der Waals surface area contributed by atoms with Gasteiger partial charge in [0.25, 0.3) is 0 Å². The van der Waals surface area contributed by atoms with Crippen molar-refractivity contribution in [1.29, 1.82) is 0 Å². The van der Waals surface area contributed by atoms with E-state index < -0.39 is 64.8 Å². The number of aliphatic hydroxyl groups is 3. The number of halogens is 1. The first-order valence-corrected chi connectivity index (χ1v) is 13.3. The van der Waals surface area contributed by atoms with Crippen molar-refractivity contribution in [2.45, 2.75) is 96.0 Å². The van der Waals surface area contributed by atoms with Crippen molar-refractivity contribution in [2.75, 3.05) is 26.4 Å². The predicted molar refractivity (Wildman–Crippen MR) is 128 cm³/mol. The van der Waals surface area contributed by atoms with Gasteiger partial charge in [0, 0.05) is 36.4 Å². The number of aliphatic hydroxyl groups excluding tert-OH is 2. The number of ether oxygens (including phenoxy) is 3. The molecule has 8 nitrogen and oxygen atoms in total. The molecule has 0 aromatic heterocycles. The van der Waals surface area contributed by atoms with E-state index in [9.17, 15) is 24.9 Å². The summed E-state index contributed by atoms with van der Waals surface area (Å²) >= 11 is 0. The summed E-state index contributed by atoms with van der Waals surface area (Å²) in [7, 11) is 0. The number of carbonyl (C=O) groups excluding carboxylic acids is 2. The third-order valence-electron chi connectivity index (χ3n) is 9.94. The van der Waals surface area contributed by atoms with Crippen LogP contribution in [0.1, 0.15) is 66.2 Å². The Morgan fingerprint density at radius 1 is 1.19 bits per heavy atom. The molecule has 0 aromatic carbocycles. The molecule has 9 heteroatoms. The zero-order valence-electron chi connectivity index (χ0n) is 21.8. The Morgan fingerprint density at radius 3 is 2.47 bits per heavy atom. The molecule has 204 valence electrons. The molecule has 0 saturated heterocycles. The van der Waals surface area contributed by atoms with Crippen LogP contribution >= 0.6 is 0 Å². The van der Waals surface area contributed by atoms with Crippen molar-refractivity contribution >= 4 is 11.6 Å². The summed E-state index contributed by atoms with van der Waals surface area (Å²) in [5.74, 6) is -1.95. The van der Waals surface area contributed by atoms with E-state index in [1.807, 2.05) is 13.8 Å². The van der Waals surface area contributed by atoms with E-state index in [1.165, 1.54) is 0 Å². The summed E-state index contributed by atoms with van der Waals surface area (Å²) in [5.41, 5.74) is -5.61. The third kappa shape index (κ3) is 3.76. The highest BCUT2D eigenvalue weighted by Gasteiger charge is 2.76. The van der Waals surface area contributed by atoms with Crippen LogP contribution in [-0.4, -0.2) is 83.1 Å². The second kappa shape index (κ2) is 9.82. The zero-order chi connectivity index (χ0) is 26.5. The highest BCUT2D eigenvalue weighted by atomic mass is 19.1. The van der Waals surface area contributed by atoms with Gasteiger partial charge in [0.15, 0.2) is 23.5 Å². The first-order valence-electron chi connectivity index (χ1n) is 13.3. The van der Waals surface area contributed by atoms with Crippen molar-refractivity contribution in [2.24, 2.45) is 22.7 Å². The average Bonchev–Trinajstić information content (AvgIpc) is 3.06. The fourth-order valence-electron chi connectivity index (χ4n) is 8.08. The number of allylic oxidation sites excluding steroid dienone is 1. The first-order chi connectivity index (χ1) is 16.9. The normalized spacial score (nSPS) is 44.1. The minimum Gasteiger partial charge on any atom is -0.390 e. The number of alkyl halides is 1. The van der Waals surface area contributed by atoms with E-state index in [4.69, 9.17) is 14.2 Å². The molecule has 3 N–H and O–H groups in total. The van der Waals surface area contributed by atoms with Gasteiger partial charge in [0.05, 0.1) is 18.8 Å². The van der Waals surface area contributed by atoms with Crippen molar-refractivity contribution in [3.8, 4) is 0 Å². The second-order valence-electron chi connectivity index (χ2n) is 11.4. The van der Waals surface area contributed by atoms with Gasteiger partial charge in [-0.2, -0.15) is 0 Å². The van der Waals surface area contributed by atoms with E-state index in [2.05, 4.69) is 0 Å². The van der Waals surface area contributed by atoms with Crippen LogP contribution in [0.4, 0.5) is 4.39 Å². The minimum atomic E-state index is -2.11. The monoisotopic (exact) mass is 512 g/mol. The van der Waals surface area contributed by atoms with Gasteiger partial charge in [0.1, 0.15) is 12.3 Å². The van der Waals surface area contributed by atoms with Crippen LogP contribution in [0.15, 0.2) is 11.6 Å². The number of hydrogen-bond acceptors (Lipinski definition) is 8. The smallest absolute Gasteiger partial charge is 0.192 e. The maximum absolute atomic E-state index is 17.3. The molecule has 3 saturated carbocycles. The lowest BCUT2D eigenvalue weighted by Crippen LogP contribution is -2.70. The minimum absolute atomic E-state index is 0.0185. The van der Waals surface area contributed by atoms with Crippen LogP contribution in [0.3, 0.4) is 0 Å². The van der Waals surface area contributed by atoms with Gasteiger partial charge in [-0.15, -0.1) is 0 Å². The molecular weight excluding hydrogens is 471 g/mol. The standard InChI is InChI=1S/C27H41FO8/c1-5-34-23(35-6-2)15-36-22-12-19-18-8-7-16-11-17(30)9-10-24(16,3)26(18,28)20(31)13-25(19,4)27(22,33)21(32)14-29/h11,18-20,22-23,29,31,33H,5-10,12-15H2,1-4H3/t18-,19-,20-,22+,24-,25-,26?,27+/m0/s1. The number of hydrogen-bond donors (Lipinski definition) is 3. The van der Waals surface area contributed by atoms with Crippen LogP contribution < -0.4 is 0 Å². The number of carbonyl (C=O) groups is 2. The lowest BCUT2D eigenvalue weighted by atomic mass is 9.44. The van der Waals surface area contributed by atoms with Crippen LogP contribution in [-0.2, 0) is 23.8 Å². The SMILES string of the molecule is CCOC(CO[C@@H]1C[C@H]2[C@@H]3CCC4=CC(=O)CC[C@]4(C)C3(F)[C@@H](O)C[C@]2(C)[C@@]1(O)C(=O)CO)OCC. The van der Waals surface area contributed by atoms with Crippen molar-refractivity contribution in [1.82, 2.24) is 0 Å². The van der Waals surface area contributed by atoms with Crippen molar-refractivity contribution < 1.29 is 43.5 Å². The molecule has 36 heavy (non-hydrogen) atoms. The topological polar surface area (TPSA) is 123 Å². The van der Waals surface area contributed by atoms with Gasteiger partial charge in [-0.25, -0.2) is 4.39 Å². The molecule has 4 aliphatic carbocycles. The first kappa shape index (κ1) is 27.8. The fourth-order valence-corrected chi connectivity index (χ4v) is 8.08. The molecule has 0 radical (unpaired) electrons. The van der Waals surface area contributed by atoms with Crippen molar-refractivity contribution in [3.63, 3.8) is 0 Å². The van der Waals surface area contributed by atoms with Gasteiger partial charge < -0.3 is 29.5 Å². The number of ketones is 2.